The first-order chi connectivity index (χ1) is 7.40. The van der Waals surface area contributed by atoms with Gasteiger partial charge in [-0.15, -0.1) is 11.3 Å². The van der Waals surface area contributed by atoms with Crippen molar-refractivity contribution in [1.82, 2.24) is 5.32 Å². The molecule has 0 radical (unpaired) electrons. The third-order valence-corrected chi connectivity index (χ3v) is 2.98. The number of hydrogen-bond acceptors (Lipinski definition) is 2. The Morgan fingerprint density at radius 1 is 1.20 bits per heavy atom. The Hall–Kier alpha value is -0.860. The Bertz CT molecular complexity index is 392. The predicted octanol–water partition coefficient (Wildman–Crippen LogP) is 4.04. The molecule has 1 nitrogen and oxygen atoms in total. The van der Waals surface area contributed by atoms with Crippen LogP contribution < -0.4 is 5.32 Å². The van der Waals surface area contributed by atoms with Gasteiger partial charge in [-0.05, 0) is 35.0 Å². The lowest BCUT2D eigenvalue weighted by atomic mass is 10.2. The van der Waals surface area contributed by atoms with E-state index in [1.165, 1.54) is 15.6 Å². The minimum atomic E-state index is 0.977. The fourth-order valence-corrected chi connectivity index (χ4v) is 2.23. The summed E-state index contributed by atoms with van der Waals surface area (Å²) in [5, 5.41) is 6.82. The molecule has 2 rings (SSSR count). The maximum atomic E-state index is 3.33. The molecule has 1 heterocycles. The van der Waals surface area contributed by atoms with Crippen molar-refractivity contribution in [2.75, 3.05) is 6.54 Å². The van der Waals surface area contributed by atoms with Crippen molar-refractivity contribution in [3.05, 3.63) is 35.2 Å². The van der Waals surface area contributed by atoms with Gasteiger partial charge in [0.15, 0.2) is 0 Å². The van der Waals surface area contributed by atoms with E-state index in [4.69, 9.17) is 0 Å². The van der Waals surface area contributed by atoms with E-state index < -0.39 is 0 Å². The lowest BCUT2D eigenvalue weighted by Gasteiger charge is -2.01. The van der Waals surface area contributed by atoms with E-state index in [9.17, 15) is 0 Å². The lowest BCUT2D eigenvalue weighted by Crippen LogP contribution is -2.11. The zero-order chi connectivity index (χ0) is 11.1. The molecule has 0 aliphatic carbocycles. The first-order valence-electron chi connectivity index (χ1n) is 5.57. The maximum absolute atomic E-state index is 3.33. The Morgan fingerprint density at radius 3 is 2.73 bits per heavy atom. The summed E-state index contributed by atoms with van der Waals surface area (Å²) in [6.07, 6.45) is 0. The number of benzene rings is 1. The summed E-state index contributed by atoms with van der Waals surface area (Å²) in [4.78, 5) is 0. The van der Waals surface area contributed by atoms with Crippen LogP contribution in [0.2, 0.25) is 0 Å². The molecule has 2 heteroatoms. The van der Waals surface area contributed by atoms with Crippen molar-refractivity contribution in [3.8, 4) is 0 Å². The number of fused-ring (bicyclic) bond motifs is 1. The van der Waals surface area contributed by atoms with Gasteiger partial charge in [-0.2, -0.15) is 0 Å². The van der Waals surface area contributed by atoms with E-state index >= 15 is 0 Å². The molecular formula is C13H19NS. The van der Waals surface area contributed by atoms with E-state index in [-0.39, 0.29) is 0 Å². The van der Waals surface area contributed by atoms with Crippen LogP contribution in [0.15, 0.2) is 29.6 Å². The van der Waals surface area contributed by atoms with Gasteiger partial charge in [-0.1, -0.05) is 32.9 Å². The zero-order valence-corrected chi connectivity index (χ0v) is 10.5. The van der Waals surface area contributed by atoms with Crippen LogP contribution in [0.4, 0.5) is 0 Å². The van der Waals surface area contributed by atoms with Crippen LogP contribution in [0, 0.1) is 0 Å². The number of hydrogen-bond donors (Lipinski definition) is 1. The molecular weight excluding hydrogens is 202 g/mol. The molecule has 0 aliphatic heterocycles. The van der Waals surface area contributed by atoms with E-state index in [1.807, 2.05) is 25.2 Å². The van der Waals surface area contributed by atoms with Crippen LogP contribution in [0.5, 0.6) is 0 Å². The molecule has 0 saturated carbocycles. The maximum Gasteiger partial charge on any atom is 0.0345 e. The van der Waals surface area contributed by atoms with Crippen molar-refractivity contribution in [3.63, 3.8) is 0 Å². The molecule has 0 amide bonds. The molecule has 1 N–H and O–H groups in total. The first-order valence-corrected chi connectivity index (χ1v) is 6.45. The highest BCUT2D eigenvalue weighted by molar-refractivity contribution is 7.17. The van der Waals surface area contributed by atoms with Gasteiger partial charge in [0.1, 0.15) is 0 Å². The second-order valence-electron chi connectivity index (χ2n) is 3.07. The second-order valence-corrected chi connectivity index (χ2v) is 4.02. The Morgan fingerprint density at radius 2 is 2.00 bits per heavy atom. The van der Waals surface area contributed by atoms with Crippen LogP contribution in [-0.4, -0.2) is 6.54 Å². The Labute approximate surface area is 96.1 Å². The van der Waals surface area contributed by atoms with E-state index in [0.29, 0.717) is 0 Å². The molecule has 1 aromatic heterocycles. The van der Waals surface area contributed by atoms with E-state index in [1.54, 1.807) is 0 Å². The fraction of sp³-hybridized carbons (Fsp3) is 0.385. The normalized spacial score (nSPS) is 9.80. The van der Waals surface area contributed by atoms with Crippen LogP contribution >= 0.6 is 11.3 Å². The molecule has 15 heavy (non-hydrogen) atoms. The number of thiophene rings is 1. The third-order valence-electron chi connectivity index (χ3n) is 2.10. The third kappa shape index (κ3) is 3.33. The predicted molar refractivity (Wildman–Crippen MR) is 70.6 cm³/mol. The van der Waals surface area contributed by atoms with Crippen molar-refractivity contribution < 1.29 is 0 Å². The summed E-state index contributed by atoms with van der Waals surface area (Å²) in [5.41, 5.74) is 1.37. The average Bonchev–Trinajstić information content (AvgIpc) is 2.76. The smallest absolute Gasteiger partial charge is 0.0345 e. The molecule has 0 fully saturated rings. The summed E-state index contributed by atoms with van der Waals surface area (Å²) >= 11 is 1.81. The summed E-state index contributed by atoms with van der Waals surface area (Å²) in [6, 6.07) is 8.82. The fourth-order valence-electron chi connectivity index (χ4n) is 1.38. The highest BCUT2D eigenvalue weighted by Gasteiger charge is 1.96. The quantitative estimate of drug-likeness (QED) is 0.825. The lowest BCUT2D eigenvalue weighted by molar-refractivity contribution is 0.727. The summed E-state index contributed by atoms with van der Waals surface area (Å²) in [7, 11) is 0. The molecule has 0 bridgehead atoms. The van der Waals surface area contributed by atoms with Crippen molar-refractivity contribution in [2.24, 2.45) is 0 Å². The highest BCUT2D eigenvalue weighted by atomic mass is 32.1. The average molecular weight is 221 g/mol. The monoisotopic (exact) mass is 221 g/mol. The zero-order valence-electron chi connectivity index (χ0n) is 9.71. The van der Waals surface area contributed by atoms with Gasteiger partial charge in [0, 0.05) is 11.2 Å². The Balaban J connectivity index is 0.000000531. The van der Waals surface area contributed by atoms with Gasteiger partial charge < -0.3 is 5.32 Å². The standard InChI is InChI=1S/C11H13NS.C2H6/c1-2-12-8-9-3-4-10-5-6-13-11(10)7-9;1-2/h3-7,12H,2,8H2,1H3;1-2H3. The molecule has 1 aromatic carbocycles. The molecule has 0 aliphatic rings. The summed E-state index contributed by atoms with van der Waals surface area (Å²) < 4.78 is 1.38. The van der Waals surface area contributed by atoms with Crippen molar-refractivity contribution in [1.29, 1.82) is 0 Å². The Kier molecular flexibility index (Phi) is 5.37. The minimum absolute atomic E-state index is 0.977. The molecule has 0 saturated heterocycles. The summed E-state index contributed by atoms with van der Waals surface area (Å²) in [6.45, 7) is 8.14. The van der Waals surface area contributed by atoms with E-state index in [2.05, 4.69) is 41.9 Å². The highest BCUT2D eigenvalue weighted by Crippen LogP contribution is 2.21. The van der Waals surface area contributed by atoms with Gasteiger partial charge in [0.05, 0.1) is 0 Å². The molecule has 2 aromatic rings. The van der Waals surface area contributed by atoms with Crippen LogP contribution in [0.25, 0.3) is 10.1 Å². The van der Waals surface area contributed by atoms with Crippen LogP contribution in [-0.2, 0) is 6.54 Å². The SMILES string of the molecule is CC.CCNCc1ccc2ccsc2c1. The van der Waals surface area contributed by atoms with E-state index in [0.717, 1.165) is 13.1 Å². The van der Waals surface area contributed by atoms with Crippen LogP contribution in [0.3, 0.4) is 0 Å². The number of nitrogens with one attached hydrogen (secondary N) is 1. The number of rotatable bonds is 3. The molecule has 0 spiro atoms. The van der Waals surface area contributed by atoms with Gasteiger partial charge in [0.25, 0.3) is 0 Å². The largest absolute Gasteiger partial charge is 0.313 e. The van der Waals surface area contributed by atoms with Gasteiger partial charge in [0.2, 0.25) is 0 Å². The van der Waals surface area contributed by atoms with Crippen molar-refractivity contribution >= 4 is 21.4 Å². The van der Waals surface area contributed by atoms with Crippen LogP contribution in [0.1, 0.15) is 26.3 Å². The summed E-state index contributed by atoms with van der Waals surface area (Å²) in [5.74, 6) is 0. The van der Waals surface area contributed by atoms with Gasteiger partial charge in [-0.3, -0.25) is 0 Å². The first kappa shape index (κ1) is 12.2. The molecule has 0 unspecified atom stereocenters. The van der Waals surface area contributed by atoms with Crippen molar-refractivity contribution in [2.45, 2.75) is 27.3 Å². The van der Waals surface area contributed by atoms with Gasteiger partial charge >= 0.3 is 0 Å². The minimum Gasteiger partial charge on any atom is -0.313 e. The van der Waals surface area contributed by atoms with Gasteiger partial charge in [-0.25, -0.2) is 0 Å². The second kappa shape index (κ2) is 6.59. The topological polar surface area (TPSA) is 12.0 Å². The molecule has 82 valence electrons. The molecule has 0 atom stereocenters.